The number of aryl methyl sites for hydroxylation is 1. The van der Waals surface area contributed by atoms with Gasteiger partial charge < -0.3 is 19.5 Å². The summed E-state index contributed by atoms with van der Waals surface area (Å²) in [7, 11) is 3.51. The van der Waals surface area contributed by atoms with Crippen LogP contribution in [-0.2, 0) is 25.6 Å². The monoisotopic (exact) mass is 452 g/mol. The molecule has 1 aromatic rings. The summed E-state index contributed by atoms with van der Waals surface area (Å²) in [4.78, 5) is 26.0. The molecule has 170 valence electrons. The highest BCUT2D eigenvalue weighted by Crippen LogP contribution is 2.36. The van der Waals surface area contributed by atoms with E-state index in [1.54, 1.807) is 19.0 Å². The number of carboxylic acid groups (broad SMARTS) is 1. The minimum atomic E-state index is -5.08. The number of hydrogen-bond donors (Lipinski definition) is 1. The van der Waals surface area contributed by atoms with Crippen molar-refractivity contribution in [3.63, 3.8) is 0 Å². The number of nitrogens with zero attached hydrogens (tertiary/aromatic N) is 2. The molecule has 0 radical (unpaired) electrons. The fourth-order valence-electron chi connectivity index (χ4n) is 3.31. The fourth-order valence-corrected chi connectivity index (χ4v) is 4.26. The van der Waals surface area contributed by atoms with Crippen molar-refractivity contribution < 1.29 is 37.3 Å². The number of aliphatic carboxylic acids is 1. The van der Waals surface area contributed by atoms with Crippen LogP contribution in [0.5, 0.6) is 0 Å². The molecule has 3 rings (SSSR count). The molecule has 1 amide bonds. The first kappa shape index (κ1) is 24.6. The van der Waals surface area contributed by atoms with Crippen molar-refractivity contribution in [1.29, 1.82) is 0 Å². The number of halogens is 3. The van der Waals surface area contributed by atoms with Gasteiger partial charge in [-0.2, -0.15) is 13.2 Å². The van der Waals surface area contributed by atoms with Crippen LogP contribution in [0.2, 0.25) is 0 Å². The number of thiophene rings is 1. The molecule has 0 aliphatic carbocycles. The van der Waals surface area contributed by atoms with Gasteiger partial charge in [0.15, 0.2) is 0 Å². The van der Waals surface area contributed by atoms with E-state index in [9.17, 15) is 18.0 Å². The molecule has 30 heavy (non-hydrogen) atoms. The van der Waals surface area contributed by atoms with Gasteiger partial charge in [0.05, 0.1) is 11.7 Å². The molecule has 2 saturated heterocycles. The molecule has 0 saturated carbocycles. The number of likely N-dealkylation sites (tertiary alicyclic amines) is 1. The summed E-state index contributed by atoms with van der Waals surface area (Å²) in [6.07, 6.45) is -3.17. The van der Waals surface area contributed by atoms with E-state index in [0.717, 1.165) is 39.1 Å². The molecular weight excluding hydrogens is 425 g/mol. The number of carboxylic acids is 1. The SMILES string of the molecule is Cc1ccsc1CN1CC2(CC(OCC(=O)N(C)C)CCO2)C1.O=C(O)C(F)(F)F. The summed E-state index contributed by atoms with van der Waals surface area (Å²) < 4.78 is 43.6. The lowest BCUT2D eigenvalue weighted by Crippen LogP contribution is -2.65. The number of alkyl halides is 3. The van der Waals surface area contributed by atoms with Crippen LogP contribution in [-0.4, -0.2) is 85.1 Å². The number of hydrogen-bond acceptors (Lipinski definition) is 6. The zero-order valence-electron chi connectivity index (χ0n) is 17.2. The number of ether oxygens (including phenoxy) is 2. The highest BCUT2D eigenvalue weighted by molar-refractivity contribution is 7.10. The molecule has 0 aromatic carbocycles. The number of carbonyl (C=O) groups excluding carboxylic acids is 1. The molecule has 2 aliphatic heterocycles. The Balaban J connectivity index is 0.000000396. The Morgan fingerprint density at radius 3 is 2.53 bits per heavy atom. The van der Waals surface area contributed by atoms with Crippen LogP contribution in [0, 0.1) is 6.92 Å². The van der Waals surface area contributed by atoms with Crippen LogP contribution in [0.4, 0.5) is 13.2 Å². The van der Waals surface area contributed by atoms with Crippen molar-refractivity contribution >= 4 is 23.2 Å². The Hall–Kier alpha value is -1.69. The molecule has 2 aliphatic rings. The smallest absolute Gasteiger partial charge is 0.475 e. The minimum Gasteiger partial charge on any atom is -0.475 e. The standard InChI is InChI=1S/C17H26N2O3S.C2HF3O2/c1-13-5-7-23-15(13)9-19-11-17(12-19)8-14(4-6-22-17)21-10-16(20)18(2)3;3-2(4,5)1(6)7/h5,7,14H,4,6,8-12H2,1-3H3;(H,6,7). The maximum absolute atomic E-state index is 11.7. The summed E-state index contributed by atoms with van der Waals surface area (Å²) in [5.74, 6) is -2.73. The topological polar surface area (TPSA) is 79.3 Å². The van der Waals surface area contributed by atoms with Crippen molar-refractivity contribution in [1.82, 2.24) is 9.80 Å². The summed E-state index contributed by atoms with van der Waals surface area (Å²) >= 11 is 1.83. The van der Waals surface area contributed by atoms with Crippen LogP contribution in [0.1, 0.15) is 23.3 Å². The maximum atomic E-state index is 11.7. The average molecular weight is 452 g/mol. The molecule has 1 atom stereocenters. The van der Waals surface area contributed by atoms with Crippen molar-refractivity contribution in [3.8, 4) is 0 Å². The molecule has 0 bridgehead atoms. The van der Waals surface area contributed by atoms with Gasteiger partial charge in [0, 0.05) is 51.6 Å². The van der Waals surface area contributed by atoms with E-state index in [4.69, 9.17) is 19.4 Å². The first-order chi connectivity index (χ1) is 13.9. The van der Waals surface area contributed by atoms with E-state index < -0.39 is 12.1 Å². The largest absolute Gasteiger partial charge is 0.490 e. The summed E-state index contributed by atoms with van der Waals surface area (Å²) in [5.41, 5.74) is 1.32. The zero-order valence-corrected chi connectivity index (χ0v) is 18.0. The quantitative estimate of drug-likeness (QED) is 0.740. The normalized spacial score (nSPS) is 20.8. The Morgan fingerprint density at radius 2 is 2.03 bits per heavy atom. The third kappa shape index (κ3) is 6.93. The van der Waals surface area contributed by atoms with Crippen LogP contribution in [0.25, 0.3) is 0 Å². The van der Waals surface area contributed by atoms with Crippen LogP contribution >= 0.6 is 11.3 Å². The molecule has 1 unspecified atom stereocenters. The highest BCUT2D eigenvalue weighted by Gasteiger charge is 2.47. The molecule has 1 spiro atoms. The third-order valence-electron chi connectivity index (χ3n) is 4.99. The second-order valence-corrected chi connectivity index (χ2v) is 8.72. The lowest BCUT2D eigenvalue weighted by Gasteiger charge is -2.53. The van der Waals surface area contributed by atoms with E-state index in [0.29, 0.717) is 0 Å². The van der Waals surface area contributed by atoms with Crippen molar-refractivity contribution in [3.05, 3.63) is 21.9 Å². The van der Waals surface area contributed by atoms with Crippen LogP contribution < -0.4 is 0 Å². The summed E-state index contributed by atoms with van der Waals surface area (Å²) in [5, 5.41) is 9.28. The van der Waals surface area contributed by atoms with Gasteiger partial charge in [0.1, 0.15) is 6.61 Å². The number of amides is 1. The first-order valence-electron chi connectivity index (χ1n) is 9.43. The lowest BCUT2D eigenvalue weighted by atomic mass is 9.84. The Morgan fingerprint density at radius 1 is 1.40 bits per heavy atom. The van der Waals surface area contributed by atoms with Gasteiger partial charge in [-0.3, -0.25) is 9.69 Å². The molecular formula is C19H27F3N2O5S. The van der Waals surface area contributed by atoms with Crippen molar-refractivity contribution in [2.24, 2.45) is 0 Å². The Kier molecular flexibility index (Phi) is 8.26. The molecule has 2 fully saturated rings. The minimum absolute atomic E-state index is 0.0222. The second kappa shape index (κ2) is 10.1. The third-order valence-corrected chi connectivity index (χ3v) is 6.00. The molecule has 11 heteroatoms. The van der Waals surface area contributed by atoms with Gasteiger partial charge >= 0.3 is 12.1 Å². The molecule has 3 heterocycles. The molecule has 1 N–H and O–H groups in total. The van der Waals surface area contributed by atoms with E-state index in [1.165, 1.54) is 10.4 Å². The Labute approximate surface area is 177 Å². The summed E-state index contributed by atoms with van der Waals surface area (Å²) in [6.45, 7) is 6.01. The first-order valence-corrected chi connectivity index (χ1v) is 10.3. The predicted octanol–water partition coefficient (Wildman–Crippen LogP) is 2.53. The van der Waals surface area contributed by atoms with E-state index in [2.05, 4.69) is 23.3 Å². The lowest BCUT2D eigenvalue weighted by molar-refractivity contribution is -0.199. The van der Waals surface area contributed by atoms with Crippen molar-refractivity contribution in [2.45, 2.75) is 44.2 Å². The number of rotatable bonds is 5. The van der Waals surface area contributed by atoms with Gasteiger partial charge in [0.25, 0.3) is 0 Å². The fraction of sp³-hybridized carbons (Fsp3) is 0.684. The van der Waals surface area contributed by atoms with Crippen LogP contribution in [0.15, 0.2) is 11.4 Å². The van der Waals surface area contributed by atoms with E-state index >= 15 is 0 Å². The zero-order chi connectivity index (χ0) is 22.5. The highest BCUT2D eigenvalue weighted by atomic mass is 32.1. The van der Waals surface area contributed by atoms with Crippen LogP contribution in [0.3, 0.4) is 0 Å². The predicted molar refractivity (Wildman–Crippen MR) is 104 cm³/mol. The van der Waals surface area contributed by atoms with Gasteiger partial charge in [-0.1, -0.05) is 0 Å². The van der Waals surface area contributed by atoms with Gasteiger partial charge in [0.2, 0.25) is 5.91 Å². The maximum Gasteiger partial charge on any atom is 0.490 e. The van der Waals surface area contributed by atoms with Gasteiger partial charge in [-0.25, -0.2) is 4.79 Å². The average Bonchev–Trinajstić information content (AvgIpc) is 3.03. The second-order valence-electron chi connectivity index (χ2n) is 7.72. The summed E-state index contributed by atoms with van der Waals surface area (Å²) in [6, 6.07) is 2.18. The van der Waals surface area contributed by atoms with E-state index in [1.807, 2.05) is 11.3 Å². The van der Waals surface area contributed by atoms with E-state index in [-0.39, 0.29) is 24.2 Å². The Bertz CT molecular complexity index is 732. The van der Waals surface area contributed by atoms with Crippen molar-refractivity contribution in [2.75, 3.05) is 40.4 Å². The number of likely N-dealkylation sites (N-methyl/N-ethyl adjacent to an activating group) is 1. The number of carbonyl (C=O) groups is 2. The molecule has 1 aromatic heterocycles. The van der Waals surface area contributed by atoms with Gasteiger partial charge in [-0.05, 0) is 30.4 Å². The van der Waals surface area contributed by atoms with Gasteiger partial charge in [-0.15, -0.1) is 11.3 Å². The molecule has 7 nitrogen and oxygen atoms in total.